The van der Waals surface area contributed by atoms with Crippen molar-refractivity contribution in [3.8, 4) is 6.07 Å². The van der Waals surface area contributed by atoms with Crippen molar-refractivity contribution in [2.45, 2.75) is 20.3 Å². The molecule has 0 aliphatic carbocycles. The van der Waals surface area contributed by atoms with Crippen LogP contribution in [0.15, 0.2) is 12.1 Å². The lowest BCUT2D eigenvalue weighted by Gasteiger charge is -2.09. The lowest BCUT2D eigenvalue weighted by Crippen LogP contribution is -2.10. The largest absolute Gasteiger partial charge is 0.462 e. The molecule has 0 N–H and O–H groups in total. The van der Waals surface area contributed by atoms with E-state index in [1.54, 1.807) is 19.9 Å². The molecule has 3 nitrogen and oxygen atoms in total. The average molecular weight is 221 g/mol. The van der Waals surface area contributed by atoms with Gasteiger partial charge in [0.1, 0.15) is 11.9 Å². The van der Waals surface area contributed by atoms with E-state index < -0.39 is 11.8 Å². The van der Waals surface area contributed by atoms with Crippen molar-refractivity contribution >= 4 is 5.97 Å². The number of carbonyl (C=O) groups excluding carboxylic acids is 1. The van der Waals surface area contributed by atoms with Crippen LogP contribution >= 0.6 is 0 Å². The molecule has 0 heterocycles. The first-order valence-corrected chi connectivity index (χ1v) is 5.04. The van der Waals surface area contributed by atoms with E-state index in [1.807, 2.05) is 0 Å². The Hall–Kier alpha value is -1.89. The third-order valence-corrected chi connectivity index (χ3v) is 2.22. The highest BCUT2D eigenvalue weighted by Crippen LogP contribution is 2.19. The van der Waals surface area contributed by atoms with E-state index in [0.29, 0.717) is 12.0 Å². The number of esters is 1. The molecule has 1 aromatic rings. The fourth-order valence-corrected chi connectivity index (χ4v) is 1.51. The number of benzene rings is 1. The molecule has 1 rings (SSSR count). The van der Waals surface area contributed by atoms with Gasteiger partial charge in [-0.25, -0.2) is 9.18 Å². The number of ether oxygens (including phenoxy) is 1. The van der Waals surface area contributed by atoms with Crippen LogP contribution in [-0.4, -0.2) is 12.6 Å². The molecule has 84 valence electrons. The van der Waals surface area contributed by atoms with Crippen LogP contribution in [0.1, 0.15) is 35.3 Å². The zero-order valence-electron chi connectivity index (χ0n) is 9.21. The molecule has 0 amide bonds. The van der Waals surface area contributed by atoms with Gasteiger partial charge >= 0.3 is 5.97 Å². The molecular formula is C12H12FNO2. The summed E-state index contributed by atoms with van der Waals surface area (Å²) in [6.07, 6.45) is 0.412. The van der Waals surface area contributed by atoms with E-state index in [1.165, 1.54) is 6.07 Å². The van der Waals surface area contributed by atoms with Crippen molar-refractivity contribution in [3.05, 3.63) is 34.6 Å². The van der Waals surface area contributed by atoms with Crippen LogP contribution in [0.3, 0.4) is 0 Å². The summed E-state index contributed by atoms with van der Waals surface area (Å²) in [4.78, 5) is 11.5. The van der Waals surface area contributed by atoms with Gasteiger partial charge in [-0.3, -0.25) is 0 Å². The van der Waals surface area contributed by atoms with Crippen molar-refractivity contribution in [2.75, 3.05) is 6.61 Å². The topological polar surface area (TPSA) is 50.1 Å². The molecule has 0 fully saturated rings. The maximum Gasteiger partial charge on any atom is 0.338 e. The fourth-order valence-electron chi connectivity index (χ4n) is 1.51. The predicted molar refractivity (Wildman–Crippen MR) is 56.4 cm³/mol. The Balaban J connectivity index is 3.31. The number of hydrogen-bond acceptors (Lipinski definition) is 3. The Morgan fingerprint density at radius 1 is 1.50 bits per heavy atom. The molecule has 1 aromatic carbocycles. The van der Waals surface area contributed by atoms with Gasteiger partial charge in [-0.1, -0.05) is 6.92 Å². The Labute approximate surface area is 93.5 Å². The lowest BCUT2D eigenvalue weighted by molar-refractivity contribution is 0.0525. The van der Waals surface area contributed by atoms with E-state index in [4.69, 9.17) is 10.00 Å². The van der Waals surface area contributed by atoms with Crippen LogP contribution in [0, 0.1) is 17.1 Å². The predicted octanol–water partition coefficient (Wildman–Crippen LogP) is 2.44. The molecule has 4 heteroatoms. The summed E-state index contributed by atoms with van der Waals surface area (Å²) in [5.41, 5.74) is 0.594. The highest BCUT2D eigenvalue weighted by molar-refractivity contribution is 5.91. The number of halogens is 1. The molecule has 0 saturated carbocycles. The minimum absolute atomic E-state index is 0.0759. The van der Waals surface area contributed by atoms with E-state index >= 15 is 0 Å². The Morgan fingerprint density at radius 3 is 2.69 bits per heavy atom. The van der Waals surface area contributed by atoms with E-state index in [9.17, 15) is 9.18 Å². The number of hydrogen-bond donors (Lipinski definition) is 0. The van der Waals surface area contributed by atoms with E-state index in [-0.39, 0.29) is 17.7 Å². The van der Waals surface area contributed by atoms with Crippen LogP contribution in [0.5, 0.6) is 0 Å². The molecule has 0 atom stereocenters. The summed E-state index contributed by atoms with van der Waals surface area (Å²) in [5.74, 6) is -1.12. The van der Waals surface area contributed by atoms with Gasteiger partial charge in [0, 0.05) is 0 Å². The fraction of sp³-hybridized carbons (Fsp3) is 0.333. The van der Waals surface area contributed by atoms with Crippen molar-refractivity contribution in [3.63, 3.8) is 0 Å². The normalized spacial score (nSPS) is 9.62. The second-order valence-electron chi connectivity index (χ2n) is 3.13. The smallest absolute Gasteiger partial charge is 0.338 e. The molecule has 0 saturated heterocycles. The molecule has 0 unspecified atom stereocenters. The van der Waals surface area contributed by atoms with E-state index in [0.717, 1.165) is 6.07 Å². The van der Waals surface area contributed by atoms with Crippen LogP contribution in [0.25, 0.3) is 0 Å². The summed E-state index contributed by atoms with van der Waals surface area (Å²) in [6, 6.07) is 4.24. The first-order chi connectivity index (χ1) is 7.65. The van der Waals surface area contributed by atoms with Gasteiger partial charge in [-0.2, -0.15) is 5.26 Å². The average Bonchev–Trinajstić information content (AvgIpc) is 2.28. The van der Waals surface area contributed by atoms with Crippen LogP contribution < -0.4 is 0 Å². The Kier molecular flexibility index (Phi) is 4.01. The molecule has 0 spiro atoms. The maximum absolute atomic E-state index is 13.3. The van der Waals surface area contributed by atoms with Gasteiger partial charge in [0.15, 0.2) is 0 Å². The highest BCUT2D eigenvalue weighted by Gasteiger charge is 2.17. The minimum atomic E-state index is -0.604. The molecule has 16 heavy (non-hydrogen) atoms. The van der Waals surface area contributed by atoms with Gasteiger partial charge < -0.3 is 4.74 Å². The Bertz CT molecular complexity index is 449. The summed E-state index contributed by atoms with van der Waals surface area (Å²) >= 11 is 0. The lowest BCUT2D eigenvalue weighted by atomic mass is 9.99. The van der Waals surface area contributed by atoms with Crippen molar-refractivity contribution < 1.29 is 13.9 Å². The zero-order chi connectivity index (χ0) is 12.1. The van der Waals surface area contributed by atoms with Crippen molar-refractivity contribution in [1.29, 1.82) is 5.26 Å². The minimum Gasteiger partial charge on any atom is -0.462 e. The first kappa shape index (κ1) is 12.2. The maximum atomic E-state index is 13.3. The van der Waals surface area contributed by atoms with Crippen molar-refractivity contribution in [2.24, 2.45) is 0 Å². The van der Waals surface area contributed by atoms with Gasteiger partial charge in [0.25, 0.3) is 0 Å². The molecule has 0 radical (unpaired) electrons. The Morgan fingerprint density at radius 2 is 2.19 bits per heavy atom. The molecular weight excluding hydrogens is 209 g/mol. The number of nitrogens with zero attached hydrogens (tertiary/aromatic N) is 1. The highest BCUT2D eigenvalue weighted by atomic mass is 19.1. The monoisotopic (exact) mass is 221 g/mol. The van der Waals surface area contributed by atoms with Gasteiger partial charge in [0.2, 0.25) is 0 Å². The standard InChI is InChI=1S/C12H12FNO2/c1-3-8-9(12(15)16-4-2)5-6-11(13)10(8)7-14/h5-6H,3-4H2,1-2H3. The van der Waals surface area contributed by atoms with Crippen molar-refractivity contribution in [1.82, 2.24) is 0 Å². The third kappa shape index (κ3) is 2.19. The zero-order valence-corrected chi connectivity index (χ0v) is 9.21. The number of nitriles is 1. The van der Waals surface area contributed by atoms with Crippen LogP contribution in [0.2, 0.25) is 0 Å². The van der Waals surface area contributed by atoms with Crippen LogP contribution in [-0.2, 0) is 11.2 Å². The van der Waals surface area contributed by atoms with Crippen LogP contribution in [0.4, 0.5) is 4.39 Å². The second-order valence-corrected chi connectivity index (χ2v) is 3.13. The number of rotatable bonds is 3. The van der Waals surface area contributed by atoms with E-state index in [2.05, 4.69) is 0 Å². The summed E-state index contributed by atoms with van der Waals surface area (Å²) in [6.45, 7) is 3.71. The van der Waals surface area contributed by atoms with Gasteiger partial charge in [-0.05, 0) is 31.0 Å². The molecule has 0 aromatic heterocycles. The summed E-state index contributed by atoms with van der Waals surface area (Å²) < 4.78 is 18.1. The molecule has 0 aliphatic heterocycles. The van der Waals surface area contributed by atoms with Gasteiger partial charge in [0.05, 0.1) is 17.7 Å². The molecule has 0 aliphatic rings. The quantitative estimate of drug-likeness (QED) is 0.736. The molecule has 0 bridgehead atoms. The second kappa shape index (κ2) is 5.26. The third-order valence-electron chi connectivity index (χ3n) is 2.22. The SMILES string of the molecule is CCOC(=O)c1ccc(F)c(C#N)c1CC. The van der Waals surface area contributed by atoms with Gasteiger partial charge in [-0.15, -0.1) is 0 Å². The first-order valence-electron chi connectivity index (χ1n) is 5.04. The number of carbonyl (C=O) groups is 1. The summed E-state index contributed by atoms with van der Waals surface area (Å²) in [5, 5.41) is 8.82. The summed E-state index contributed by atoms with van der Waals surface area (Å²) in [7, 11) is 0.